The van der Waals surface area contributed by atoms with Crippen molar-refractivity contribution in [2.24, 2.45) is 0 Å². The summed E-state index contributed by atoms with van der Waals surface area (Å²) in [6.07, 6.45) is 2.02. The number of rotatable bonds is 10. The average Bonchev–Trinajstić information content (AvgIpc) is 3.20. The van der Waals surface area contributed by atoms with Crippen molar-refractivity contribution in [2.45, 2.75) is 33.3 Å². The van der Waals surface area contributed by atoms with Crippen LogP contribution in [-0.2, 0) is 6.61 Å². The number of benzene rings is 2. The molecule has 7 nitrogen and oxygen atoms in total. The van der Waals surface area contributed by atoms with E-state index < -0.39 is 0 Å². The first kappa shape index (κ1) is 23.8. The van der Waals surface area contributed by atoms with Gasteiger partial charge in [0, 0.05) is 38.4 Å². The van der Waals surface area contributed by atoms with Crippen LogP contribution in [0.2, 0.25) is 0 Å². The number of aryl methyl sites for hydroxylation is 2. The van der Waals surface area contributed by atoms with Gasteiger partial charge in [0.15, 0.2) is 0 Å². The summed E-state index contributed by atoms with van der Waals surface area (Å²) in [5, 5.41) is 7.00. The molecule has 0 atom stereocenters. The highest BCUT2D eigenvalue weighted by molar-refractivity contribution is 5.96. The largest absolute Gasteiger partial charge is 0.488 e. The molecule has 0 saturated carbocycles. The maximum atomic E-state index is 12.8. The molecule has 3 aromatic rings. The van der Waals surface area contributed by atoms with E-state index in [0.717, 1.165) is 62.6 Å². The molecule has 1 amide bonds. The molecule has 0 unspecified atom stereocenters. The highest BCUT2D eigenvalue weighted by Crippen LogP contribution is 2.21. The second-order valence-electron chi connectivity index (χ2n) is 8.71. The molecule has 1 N–H and O–H groups in total. The molecule has 0 bridgehead atoms. The van der Waals surface area contributed by atoms with Gasteiger partial charge < -0.3 is 19.5 Å². The molecule has 1 aromatic heterocycles. The van der Waals surface area contributed by atoms with Crippen LogP contribution >= 0.6 is 0 Å². The third kappa shape index (κ3) is 6.17. The molecule has 0 aliphatic carbocycles. The lowest BCUT2D eigenvalue weighted by atomic mass is 10.1. The number of ether oxygens (including phenoxy) is 1. The molecule has 7 heteroatoms. The number of nitrogens with one attached hydrogen (secondary N) is 1. The summed E-state index contributed by atoms with van der Waals surface area (Å²) >= 11 is 0. The maximum Gasteiger partial charge on any atom is 0.255 e. The van der Waals surface area contributed by atoms with Gasteiger partial charge in [-0.3, -0.25) is 9.69 Å². The van der Waals surface area contributed by atoms with Gasteiger partial charge in [0.25, 0.3) is 5.91 Å². The fourth-order valence-electron chi connectivity index (χ4n) is 4.26. The van der Waals surface area contributed by atoms with Crippen LogP contribution in [0, 0.1) is 13.8 Å². The molecular weight excluding hydrogens is 428 g/mol. The van der Waals surface area contributed by atoms with Crippen molar-refractivity contribution >= 4 is 11.6 Å². The number of hydrogen-bond donors (Lipinski definition) is 1. The Bertz CT molecular complexity index is 1040. The van der Waals surface area contributed by atoms with Crippen molar-refractivity contribution in [2.75, 3.05) is 44.2 Å². The fraction of sp³-hybridized carbons (Fsp3) is 0.407. The van der Waals surface area contributed by atoms with Crippen LogP contribution in [-0.4, -0.2) is 55.2 Å². The number of anilines is 1. The van der Waals surface area contributed by atoms with Crippen molar-refractivity contribution < 1.29 is 14.1 Å². The Labute approximate surface area is 201 Å². The Hall–Kier alpha value is -3.32. The summed E-state index contributed by atoms with van der Waals surface area (Å²) in [5.74, 6) is 1.20. The van der Waals surface area contributed by atoms with Gasteiger partial charge in [-0.15, -0.1) is 0 Å². The predicted octanol–water partition coefficient (Wildman–Crippen LogP) is 4.20. The van der Waals surface area contributed by atoms with E-state index in [1.54, 1.807) is 6.07 Å². The van der Waals surface area contributed by atoms with Crippen LogP contribution in [0.5, 0.6) is 5.75 Å². The van der Waals surface area contributed by atoms with Gasteiger partial charge in [0.2, 0.25) is 0 Å². The zero-order chi connectivity index (χ0) is 23.8. The molecule has 4 rings (SSSR count). The Morgan fingerprint density at radius 2 is 1.74 bits per heavy atom. The van der Waals surface area contributed by atoms with E-state index in [-0.39, 0.29) is 5.91 Å². The van der Waals surface area contributed by atoms with Crippen molar-refractivity contribution in [3.8, 4) is 5.75 Å². The highest BCUT2D eigenvalue weighted by Gasteiger charge is 2.17. The number of piperazine rings is 1. The maximum absolute atomic E-state index is 12.8. The van der Waals surface area contributed by atoms with E-state index in [1.165, 1.54) is 5.69 Å². The normalized spacial score (nSPS) is 14.2. The summed E-state index contributed by atoms with van der Waals surface area (Å²) in [6.45, 7) is 10.1. The zero-order valence-corrected chi connectivity index (χ0v) is 20.1. The molecule has 180 valence electrons. The lowest BCUT2D eigenvalue weighted by Gasteiger charge is -2.36. The lowest BCUT2D eigenvalue weighted by Crippen LogP contribution is -2.46. The van der Waals surface area contributed by atoms with E-state index in [9.17, 15) is 4.79 Å². The topological polar surface area (TPSA) is 70.8 Å². The number of aromatic nitrogens is 1. The van der Waals surface area contributed by atoms with Crippen LogP contribution in [0.25, 0.3) is 0 Å². The Kier molecular flexibility index (Phi) is 8.20. The molecule has 1 saturated heterocycles. The van der Waals surface area contributed by atoms with E-state index in [1.807, 2.05) is 32.0 Å². The number of amides is 1. The number of carbonyl (C=O) groups is 1. The van der Waals surface area contributed by atoms with Crippen LogP contribution < -0.4 is 15.0 Å². The lowest BCUT2D eigenvalue weighted by molar-refractivity contribution is 0.0948. The minimum Gasteiger partial charge on any atom is -0.488 e. The smallest absolute Gasteiger partial charge is 0.255 e. The van der Waals surface area contributed by atoms with Gasteiger partial charge in [-0.1, -0.05) is 35.5 Å². The molecule has 1 fully saturated rings. The van der Waals surface area contributed by atoms with Crippen molar-refractivity contribution in [3.05, 3.63) is 77.2 Å². The number of unbranched alkanes of at least 4 members (excludes halogenated alkanes) is 1. The summed E-state index contributed by atoms with van der Waals surface area (Å²) in [4.78, 5) is 17.7. The SMILES string of the molecule is Cc1noc(C)c1COc1ccccc1C(=O)NCCCCN1CCN(c2ccccc2)CC1. The van der Waals surface area contributed by atoms with Gasteiger partial charge in [-0.05, 0) is 57.5 Å². The van der Waals surface area contributed by atoms with Crippen LogP contribution in [0.4, 0.5) is 5.69 Å². The van der Waals surface area contributed by atoms with Crippen molar-refractivity contribution in [1.29, 1.82) is 0 Å². The quantitative estimate of drug-likeness (QED) is 0.456. The zero-order valence-electron chi connectivity index (χ0n) is 20.1. The van der Waals surface area contributed by atoms with Gasteiger partial charge >= 0.3 is 0 Å². The number of para-hydroxylation sites is 2. The Morgan fingerprint density at radius 3 is 2.47 bits per heavy atom. The van der Waals surface area contributed by atoms with Crippen LogP contribution in [0.15, 0.2) is 59.1 Å². The molecule has 2 aromatic carbocycles. The summed E-state index contributed by atoms with van der Waals surface area (Å²) < 4.78 is 11.1. The molecule has 0 spiro atoms. The van der Waals surface area contributed by atoms with Crippen LogP contribution in [0.3, 0.4) is 0 Å². The molecule has 34 heavy (non-hydrogen) atoms. The third-order valence-corrected chi connectivity index (χ3v) is 6.37. The Balaban J connectivity index is 1.16. The first-order valence-electron chi connectivity index (χ1n) is 12.1. The summed E-state index contributed by atoms with van der Waals surface area (Å²) in [5.41, 5.74) is 3.58. The molecular formula is C27H34N4O3. The molecule has 0 radical (unpaired) electrons. The summed E-state index contributed by atoms with van der Waals surface area (Å²) in [7, 11) is 0. The second kappa shape index (κ2) is 11.7. The minimum absolute atomic E-state index is 0.106. The third-order valence-electron chi connectivity index (χ3n) is 6.37. The number of nitrogens with zero attached hydrogens (tertiary/aromatic N) is 3. The summed E-state index contributed by atoms with van der Waals surface area (Å²) in [6, 6.07) is 18.0. The molecule has 2 heterocycles. The van der Waals surface area contributed by atoms with Crippen molar-refractivity contribution in [1.82, 2.24) is 15.4 Å². The van der Waals surface area contributed by atoms with Crippen molar-refractivity contribution in [3.63, 3.8) is 0 Å². The van der Waals surface area contributed by atoms with Crippen LogP contribution in [0.1, 0.15) is 40.2 Å². The minimum atomic E-state index is -0.106. The van der Waals surface area contributed by atoms with E-state index >= 15 is 0 Å². The van der Waals surface area contributed by atoms with E-state index in [4.69, 9.17) is 9.26 Å². The number of carbonyl (C=O) groups excluding carboxylic acids is 1. The van der Waals surface area contributed by atoms with E-state index in [2.05, 4.69) is 50.6 Å². The van der Waals surface area contributed by atoms with Gasteiger partial charge in [-0.25, -0.2) is 0 Å². The second-order valence-corrected chi connectivity index (χ2v) is 8.71. The van der Waals surface area contributed by atoms with Gasteiger partial charge in [-0.2, -0.15) is 0 Å². The van der Waals surface area contributed by atoms with Gasteiger partial charge in [0.05, 0.1) is 16.8 Å². The molecule has 1 aliphatic heterocycles. The average molecular weight is 463 g/mol. The highest BCUT2D eigenvalue weighted by atomic mass is 16.5. The van der Waals surface area contributed by atoms with E-state index in [0.29, 0.717) is 24.5 Å². The first-order valence-corrected chi connectivity index (χ1v) is 12.1. The first-order chi connectivity index (χ1) is 16.6. The Morgan fingerprint density at radius 1 is 1.00 bits per heavy atom. The fourth-order valence-corrected chi connectivity index (χ4v) is 4.26. The monoisotopic (exact) mass is 462 g/mol. The molecule has 1 aliphatic rings. The van der Waals surface area contributed by atoms with Gasteiger partial charge in [0.1, 0.15) is 18.1 Å². The number of hydrogen-bond acceptors (Lipinski definition) is 6. The predicted molar refractivity (Wildman–Crippen MR) is 133 cm³/mol. The standard InChI is InChI=1S/C27H34N4O3/c1-21-25(22(2)34-29-21)20-33-26-13-7-6-12-24(26)27(32)28-14-8-9-15-30-16-18-31(19-17-30)23-10-4-3-5-11-23/h3-7,10-13H,8-9,14-20H2,1-2H3,(H,28,32).